The minimum Gasteiger partial charge on any atom is -0.344 e. The maximum absolute atomic E-state index is 14.2. The number of aromatic nitrogens is 2. The molecule has 29 heavy (non-hydrogen) atoms. The minimum absolute atomic E-state index is 0.181. The number of hydrogen-bond acceptors (Lipinski definition) is 3. The molecule has 0 fully saturated rings. The summed E-state index contributed by atoms with van der Waals surface area (Å²) in [5.74, 6) is -0.726. The Labute approximate surface area is 169 Å². The van der Waals surface area contributed by atoms with Gasteiger partial charge in [0.25, 0.3) is 5.91 Å². The SMILES string of the molecule is Cc1cc(=O)c(C(=O)NC(CC(C)C)c2ccccc2)nn1-c1ccccc1F. The topological polar surface area (TPSA) is 64.0 Å². The number of nitrogens with one attached hydrogen (secondary N) is 1. The van der Waals surface area contributed by atoms with Gasteiger partial charge in [0.05, 0.1) is 6.04 Å². The molecule has 0 aliphatic carbocycles. The zero-order chi connectivity index (χ0) is 21.0. The largest absolute Gasteiger partial charge is 0.344 e. The van der Waals surface area contributed by atoms with Crippen LogP contribution in [0, 0.1) is 18.7 Å². The van der Waals surface area contributed by atoms with Crippen molar-refractivity contribution in [1.29, 1.82) is 0 Å². The molecule has 1 N–H and O–H groups in total. The van der Waals surface area contributed by atoms with E-state index in [0.29, 0.717) is 18.0 Å². The molecule has 0 radical (unpaired) electrons. The average Bonchev–Trinajstić information content (AvgIpc) is 2.68. The third kappa shape index (κ3) is 4.77. The predicted molar refractivity (Wildman–Crippen MR) is 111 cm³/mol. The second-order valence-electron chi connectivity index (χ2n) is 7.43. The van der Waals surface area contributed by atoms with Crippen LogP contribution in [0.3, 0.4) is 0 Å². The van der Waals surface area contributed by atoms with Gasteiger partial charge < -0.3 is 5.32 Å². The van der Waals surface area contributed by atoms with Crippen LogP contribution in [0.15, 0.2) is 65.5 Å². The van der Waals surface area contributed by atoms with E-state index in [9.17, 15) is 14.0 Å². The molecule has 1 amide bonds. The number of amides is 1. The Bertz CT molecular complexity index is 1060. The fourth-order valence-electron chi connectivity index (χ4n) is 3.23. The number of benzene rings is 2. The molecule has 1 unspecified atom stereocenters. The van der Waals surface area contributed by atoms with Gasteiger partial charge in [0.1, 0.15) is 11.5 Å². The normalized spacial score (nSPS) is 12.0. The number of halogens is 1. The Kier molecular flexibility index (Phi) is 6.22. The van der Waals surface area contributed by atoms with Crippen molar-refractivity contribution in [2.75, 3.05) is 0 Å². The van der Waals surface area contributed by atoms with Crippen molar-refractivity contribution in [3.05, 3.63) is 93.7 Å². The summed E-state index contributed by atoms with van der Waals surface area (Å²) in [4.78, 5) is 25.4. The third-order valence-corrected chi connectivity index (χ3v) is 4.62. The van der Waals surface area contributed by atoms with Crippen molar-refractivity contribution >= 4 is 5.91 Å². The lowest BCUT2D eigenvalue weighted by Crippen LogP contribution is -2.35. The maximum Gasteiger partial charge on any atom is 0.276 e. The molecule has 0 spiro atoms. The molecule has 2 aromatic carbocycles. The Hall–Kier alpha value is -3.28. The van der Waals surface area contributed by atoms with Crippen LogP contribution in [0.4, 0.5) is 4.39 Å². The first kappa shape index (κ1) is 20.5. The van der Waals surface area contributed by atoms with Crippen LogP contribution in [0.1, 0.15) is 48.1 Å². The lowest BCUT2D eigenvalue weighted by atomic mass is 9.97. The lowest BCUT2D eigenvalue weighted by molar-refractivity contribution is 0.0924. The molecular weight excluding hydrogens is 369 g/mol. The van der Waals surface area contributed by atoms with E-state index in [-0.39, 0.29) is 17.4 Å². The first-order valence-corrected chi connectivity index (χ1v) is 9.58. The highest BCUT2D eigenvalue weighted by atomic mass is 19.1. The van der Waals surface area contributed by atoms with Crippen LogP contribution in [0.5, 0.6) is 0 Å². The highest BCUT2D eigenvalue weighted by Crippen LogP contribution is 2.21. The Morgan fingerprint density at radius 2 is 1.76 bits per heavy atom. The van der Waals surface area contributed by atoms with Gasteiger partial charge in [-0.3, -0.25) is 9.59 Å². The Morgan fingerprint density at radius 1 is 1.10 bits per heavy atom. The van der Waals surface area contributed by atoms with E-state index in [4.69, 9.17) is 0 Å². The molecular formula is C23H24FN3O2. The van der Waals surface area contributed by atoms with Crippen molar-refractivity contribution in [2.45, 2.75) is 33.2 Å². The van der Waals surface area contributed by atoms with Crippen LogP contribution in [0.2, 0.25) is 0 Å². The summed E-state index contributed by atoms with van der Waals surface area (Å²) >= 11 is 0. The summed E-state index contributed by atoms with van der Waals surface area (Å²) in [5.41, 5.74) is 0.822. The van der Waals surface area contributed by atoms with Crippen LogP contribution < -0.4 is 10.7 Å². The Morgan fingerprint density at radius 3 is 2.41 bits per heavy atom. The highest BCUT2D eigenvalue weighted by Gasteiger charge is 2.21. The Balaban J connectivity index is 1.97. The van der Waals surface area contributed by atoms with Gasteiger partial charge in [-0.2, -0.15) is 5.10 Å². The summed E-state index contributed by atoms with van der Waals surface area (Å²) in [7, 11) is 0. The summed E-state index contributed by atoms with van der Waals surface area (Å²) in [6.45, 7) is 5.78. The van der Waals surface area contributed by atoms with Crippen molar-refractivity contribution in [2.24, 2.45) is 5.92 Å². The molecule has 3 rings (SSSR count). The van der Waals surface area contributed by atoms with E-state index < -0.39 is 17.2 Å². The lowest BCUT2D eigenvalue weighted by Gasteiger charge is -2.21. The molecule has 6 heteroatoms. The zero-order valence-electron chi connectivity index (χ0n) is 16.7. The van der Waals surface area contributed by atoms with Crippen molar-refractivity contribution in [1.82, 2.24) is 15.1 Å². The van der Waals surface area contributed by atoms with Crippen LogP contribution in [-0.4, -0.2) is 15.7 Å². The van der Waals surface area contributed by atoms with Crippen LogP contribution >= 0.6 is 0 Å². The van der Waals surface area contributed by atoms with E-state index in [0.717, 1.165) is 5.56 Å². The molecule has 3 aromatic rings. The number of aryl methyl sites for hydroxylation is 1. The van der Waals surface area contributed by atoms with Crippen molar-refractivity contribution < 1.29 is 9.18 Å². The van der Waals surface area contributed by atoms with Gasteiger partial charge in [-0.1, -0.05) is 56.3 Å². The molecule has 1 heterocycles. The summed E-state index contributed by atoms with van der Waals surface area (Å²) in [6.07, 6.45) is 0.711. The molecule has 1 aromatic heterocycles. The quantitative estimate of drug-likeness (QED) is 0.683. The number of rotatable bonds is 6. The van der Waals surface area contributed by atoms with E-state index in [1.54, 1.807) is 25.1 Å². The van der Waals surface area contributed by atoms with Crippen molar-refractivity contribution in [3.8, 4) is 5.69 Å². The van der Waals surface area contributed by atoms with E-state index in [1.807, 2.05) is 30.3 Å². The van der Waals surface area contributed by atoms with E-state index in [1.165, 1.54) is 16.8 Å². The molecule has 0 saturated heterocycles. The van der Waals surface area contributed by atoms with Crippen LogP contribution in [-0.2, 0) is 0 Å². The van der Waals surface area contributed by atoms with Gasteiger partial charge in [-0.25, -0.2) is 9.07 Å². The zero-order valence-corrected chi connectivity index (χ0v) is 16.7. The molecule has 150 valence electrons. The average molecular weight is 393 g/mol. The van der Waals surface area contributed by atoms with Gasteiger partial charge in [0, 0.05) is 11.8 Å². The first-order chi connectivity index (χ1) is 13.9. The summed E-state index contributed by atoms with van der Waals surface area (Å²) in [5, 5.41) is 7.11. The van der Waals surface area contributed by atoms with Crippen molar-refractivity contribution in [3.63, 3.8) is 0 Å². The molecule has 5 nitrogen and oxygen atoms in total. The highest BCUT2D eigenvalue weighted by molar-refractivity contribution is 5.92. The van der Waals surface area contributed by atoms with Gasteiger partial charge in [-0.15, -0.1) is 0 Å². The standard InChI is InChI=1S/C23H24FN3O2/c1-15(2)13-19(17-9-5-4-6-10-17)25-23(29)22-21(28)14-16(3)27(26-22)20-12-8-7-11-18(20)24/h4-12,14-15,19H,13H2,1-3H3,(H,25,29). The van der Waals surface area contributed by atoms with Gasteiger partial charge >= 0.3 is 0 Å². The summed E-state index contributed by atoms with van der Waals surface area (Å²) in [6, 6.07) is 16.7. The number of carbonyl (C=O) groups is 1. The molecule has 0 aliphatic heterocycles. The second kappa shape index (κ2) is 8.82. The van der Waals surface area contributed by atoms with Crippen LogP contribution in [0.25, 0.3) is 5.69 Å². The van der Waals surface area contributed by atoms with Gasteiger partial charge in [0.2, 0.25) is 5.43 Å². The minimum atomic E-state index is -0.574. The van der Waals surface area contributed by atoms with Gasteiger partial charge in [-0.05, 0) is 37.0 Å². The van der Waals surface area contributed by atoms with Gasteiger partial charge in [0.15, 0.2) is 5.69 Å². The maximum atomic E-state index is 14.2. The monoisotopic (exact) mass is 393 g/mol. The fraction of sp³-hybridized carbons (Fsp3) is 0.261. The molecule has 0 bridgehead atoms. The molecule has 0 aliphatic rings. The number of para-hydroxylation sites is 1. The summed E-state index contributed by atoms with van der Waals surface area (Å²) < 4.78 is 15.5. The number of nitrogens with zero attached hydrogens (tertiary/aromatic N) is 2. The molecule has 0 saturated carbocycles. The smallest absolute Gasteiger partial charge is 0.276 e. The predicted octanol–water partition coefficient (Wildman–Crippen LogP) is 4.20. The molecule has 1 atom stereocenters. The third-order valence-electron chi connectivity index (χ3n) is 4.62. The first-order valence-electron chi connectivity index (χ1n) is 9.58. The fourth-order valence-corrected chi connectivity index (χ4v) is 3.23. The second-order valence-corrected chi connectivity index (χ2v) is 7.43. The van der Waals surface area contributed by atoms with E-state index in [2.05, 4.69) is 24.3 Å². The van der Waals surface area contributed by atoms with E-state index >= 15 is 0 Å². The number of hydrogen-bond donors (Lipinski definition) is 1. The number of carbonyl (C=O) groups excluding carboxylic acids is 1.